The highest BCUT2D eigenvalue weighted by atomic mass is 32.1. The molecule has 9 heteroatoms. The highest BCUT2D eigenvalue weighted by Gasteiger charge is 2.15. The summed E-state index contributed by atoms with van der Waals surface area (Å²) >= 11 is 2.76. The fourth-order valence-electron chi connectivity index (χ4n) is 2.80. The topological polar surface area (TPSA) is 85.6 Å². The first-order valence-electron chi connectivity index (χ1n) is 8.99. The van der Waals surface area contributed by atoms with Gasteiger partial charge >= 0.3 is 0 Å². The Labute approximate surface area is 179 Å². The molecule has 0 aliphatic rings. The van der Waals surface area contributed by atoms with E-state index in [0.29, 0.717) is 10.8 Å². The zero-order valence-corrected chi connectivity index (χ0v) is 17.1. The van der Waals surface area contributed by atoms with Crippen LogP contribution in [0, 0.1) is 0 Å². The van der Waals surface area contributed by atoms with Crippen LogP contribution in [0.5, 0.6) is 0 Å². The van der Waals surface area contributed by atoms with Gasteiger partial charge in [-0.15, -0.1) is 22.7 Å². The normalized spacial score (nSPS) is 10.8. The van der Waals surface area contributed by atoms with Crippen molar-refractivity contribution in [3.8, 4) is 27.5 Å². The molecule has 1 N–H and O–H groups in total. The average Bonchev–Trinajstić information content (AvgIpc) is 3.55. The van der Waals surface area contributed by atoms with Gasteiger partial charge in [0.2, 0.25) is 0 Å². The van der Waals surface area contributed by atoms with Gasteiger partial charge in [-0.3, -0.25) is 15.1 Å². The molecule has 1 amide bonds. The number of hydrogen-bond acceptors (Lipinski definition) is 7. The first kappa shape index (κ1) is 18.3. The molecule has 0 bridgehead atoms. The minimum Gasteiger partial charge on any atom is -0.296 e. The summed E-state index contributed by atoms with van der Waals surface area (Å²) < 4.78 is 1.78. The van der Waals surface area contributed by atoms with Crippen LogP contribution in [-0.2, 0) is 0 Å². The fraction of sp³-hybridized carbons (Fsp3) is 0. The Morgan fingerprint density at radius 3 is 2.67 bits per heavy atom. The van der Waals surface area contributed by atoms with Crippen LogP contribution >= 0.6 is 22.7 Å². The van der Waals surface area contributed by atoms with Crippen molar-refractivity contribution >= 4 is 33.7 Å². The molecule has 5 aromatic rings. The summed E-state index contributed by atoms with van der Waals surface area (Å²) in [6.07, 6.45) is 7.09. The third-order valence-corrected chi connectivity index (χ3v) is 5.92. The lowest BCUT2D eigenvalue weighted by molar-refractivity contribution is 0.102. The lowest BCUT2D eigenvalue weighted by Crippen LogP contribution is -2.12. The van der Waals surface area contributed by atoms with E-state index in [1.807, 2.05) is 54.0 Å². The summed E-state index contributed by atoms with van der Waals surface area (Å²) in [5.41, 5.74) is 3.85. The van der Waals surface area contributed by atoms with Crippen molar-refractivity contribution in [2.75, 3.05) is 5.32 Å². The molecule has 30 heavy (non-hydrogen) atoms. The van der Waals surface area contributed by atoms with Gasteiger partial charge in [-0.05, 0) is 24.3 Å². The number of pyridine rings is 1. The van der Waals surface area contributed by atoms with Gasteiger partial charge in [0.1, 0.15) is 10.7 Å². The van der Waals surface area contributed by atoms with Gasteiger partial charge in [0.25, 0.3) is 5.91 Å². The van der Waals surface area contributed by atoms with Gasteiger partial charge in [0.05, 0.1) is 17.6 Å². The van der Waals surface area contributed by atoms with Crippen LogP contribution in [0.1, 0.15) is 10.5 Å². The van der Waals surface area contributed by atoms with Crippen LogP contribution in [0.15, 0.2) is 78.0 Å². The average molecular weight is 431 g/mol. The number of benzene rings is 1. The molecule has 0 unspecified atom stereocenters. The highest BCUT2D eigenvalue weighted by Crippen LogP contribution is 2.27. The summed E-state index contributed by atoms with van der Waals surface area (Å²) in [6, 6.07) is 13.6. The second-order valence-corrected chi connectivity index (χ2v) is 8.00. The maximum atomic E-state index is 12.6. The Morgan fingerprint density at radius 1 is 0.933 bits per heavy atom. The molecule has 0 aliphatic carbocycles. The summed E-state index contributed by atoms with van der Waals surface area (Å²) in [5, 5.41) is 12.1. The van der Waals surface area contributed by atoms with Crippen LogP contribution in [0.2, 0.25) is 0 Å². The third kappa shape index (κ3) is 3.76. The molecule has 0 spiro atoms. The molecular formula is C21H14N6OS2. The number of nitrogens with zero attached hydrogens (tertiary/aromatic N) is 5. The maximum absolute atomic E-state index is 12.6. The Hall–Kier alpha value is -3.69. The second kappa shape index (κ2) is 7.97. The van der Waals surface area contributed by atoms with Crippen molar-refractivity contribution in [1.29, 1.82) is 0 Å². The van der Waals surface area contributed by atoms with E-state index in [1.165, 1.54) is 22.7 Å². The number of anilines is 1. The summed E-state index contributed by atoms with van der Waals surface area (Å²) in [6.45, 7) is 0. The van der Waals surface area contributed by atoms with E-state index in [1.54, 1.807) is 28.7 Å². The van der Waals surface area contributed by atoms with Gasteiger partial charge in [-0.25, -0.2) is 14.6 Å². The van der Waals surface area contributed by atoms with Crippen LogP contribution in [0.25, 0.3) is 27.5 Å². The van der Waals surface area contributed by atoms with Crippen molar-refractivity contribution in [1.82, 2.24) is 24.7 Å². The number of hydrogen-bond donors (Lipinski definition) is 1. The van der Waals surface area contributed by atoms with Gasteiger partial charge in [0.15, 0.2) is 5.13 Å². The van der Waals surface area contributed by atoms with E-state index in [4.69, 9.17) is 0 Å². The van der Waals surface area contributed by atoms with E-state index >= 15 is 0 Å². The fourth-order valence-corrected chi connectivity index (χ4v) is 4.30. The van der Waals surface area contributed by atoms with Gasteiger partial charge in [-0.1, -0.05) is 18.2 Å². The molecule has 1 aromatic carbocycles. The maximum Gasteiger partial charge on any atom is 0.276 e. The second-order valence-electron chi connectivity index (χ2n) is 6.28. The molecule has 5 rings (SSSR count). The van der Waals surface area contributed by atoms with Gasteiger partial charge in [0, 0.05) is 40.5 Å². The van der Waals surface area contributed by atoms with Crippen molar-refractivity contribution in [3.05, 3.63) is 83.7 Å². The zero-order chi connectivity index (χ0) is 20.3. The van der Waals surface area contributed by atoms with E-state index in [9.17, 15) is 4.79 Å². The molecular weight excluding hydrogens is 416 g/mol. The SMILES string of the molecule is O=C(Nc1nc(-c2cccnc2)cs1)c1csc(-c2cnn(-c3ccccc3)c2)n1. The van der Waals surface area contributed by atoms with E-state index in [2.05, 4.69) is 25.4 Å². The Morgan fingerprint density at radius 2 is 1.83 bits per heavy atom. The predicted molar refractivity (Wildman–Crippen MR) is 118 cm³/mol. The first-order valence-corrected chi connectivity index (χ1v) is 10.8. The molecule has 4 aromatic heterocycles. The number of aromatic nitrogens is 5. The van der Waals surface area contributed by atoms with Crippen molar-refractivity contribution < 1.29 is 4.79 Å². The number of thiazole rings is 2. The Bertz CT molecular complexity index is 1290. The lowest BCUT2D eigenvalue weighted by atomic mass is 10.2. The van der Waals surface area contributed by atoms with Crippen LogP contribution < -0.4 is 5.32 Å². The predicted octanol–water partition coefficient (Wildman–Crippen LogP) is 4.77. The van der Waals surface area contributed by atoms with Gasteiger partial charge < -0.3 is 0 Å². The first-order chi connectivity index (χ1) is 14.8. The molecule has 0 saturated heterocycles. The van der Waals surface area contributed by atoms with Crippen LogP contribution in [0.4, 0.5) is 5.13 Å². The largest absolute Gasteiger partial charge is 0.296 e. The van der Waals surface area contributed by atoms with E-state index in [-0.39, 0.29) is 5.91 Å². The third-order valence-electron chi connectivity index (χ3n) is 4.27. The minimum absolute atomic E-state index is 0.292. The molecule has 7 nitrogen and oxygen atoms in total. The van der Waals surface area contributed by atoms with E-state index in [0.717, 1.165) is 27.5 Å². The van der Waals surface area contributed by atoms with Crippen LogP contribution in [-0.4, -0.2) is 30.6 Å². The number of para-hydroxylation sites is 1. The molecule has 146 valence electrons. The summed E-state index contributed by atoms with van der Waals surface area (Å²) in [4.78, 5) is 25.6. The highest BCUT2D eigenvalue weighted by molar-refractivity contribution is 7.14. The quantitative estimate of drug-likeness (QED) is 0.434. The zero-order valence-electron chi connectivity index (χ0n) is 15.5. The Balaban J connectivity index is 1.31. The standard InChI is InChI=1S/C21H14N6OS2/c28-19(26-21-25-17(12-30-21)14-5-4-8-22-9-14)18-13-29-20(24-18)15-10-23-27(11-15)16-6-2-1-3-7-16/h1-13H,(H,25,26,28). The molecule has 0 fully saturated rings. The van der Waals surface area contributed by atoms with Crippen molar-refractivity contribution in [2.45, 2.75) is 0 Å². The van der Waals surface area contributed by atoms with Gasteiger partial charge in [-0.2, -0.15) is 5.10 Å². The lowest BCUT2D eigenvalue weighted by Gasteiger charge is -1.99. The molecule has 0 saturated carbocycles. The van der Waals surface area contributed by atoms with E-state index < -0.39 is 0 Å². The van der Waals surface area contributed by atoms with Crippen molar-refractivity contribution in [2.24, 2.45) is 0 Å². The number of amides is 1. The molecule has 4 heterocycles. The monoisotopic (exact) mass is 430 g/mol. The Kier molecular flexibility index (Phi) is 4.88. The molecule has 0 aliphatic heterocycles. The summed E-state index contributed by atoms with van der Waals surface area (Å²) in [7, 11) is 0. The van der Waals surface area contributed by atoms with Crippen molar-refractivity contribution in [3.63, 3.8) is 0 Å². The molecule has 0 atom stereocenters. The molecule has 0 radical (unpaired) electrons. The summed E-state index contributed by atoms with van der Waals surface area (Å²) in [5.74, 6) is -0.292. The number of rotatable bonds is 5. The minimum atomic E-state index is -0.292. The number of carbonyl (C=O) groups excluding carboxylic acids is 1. The number of nitrogens with one attached hydrogen (secondary N) is 1. The smallest absolute Gasteiger partial charge is 0.276 e. The van der Waals surface area contributed by atoms with Crippen LogP contribution in [0.3, 0.4) is 0 Å². The number of carbonyl (C=O) groups is 1.